The standard InChI is InChI=1S/C15H15N3O4S2/c1-3-9-8-16-15(23-9)17-14(20)12-13(19)10-6-4-5-7-11(10)24(21,22)18(12)2/h4-8,19H,3H2,1-2H3,(H,16,17,20)/i3D2. The molecule has 0 aliphatic carbocycles. The smallest absolute Gasteiger partial charge is 0.278 e. The molecule has 0 spiro atoms. The summed E-state index contributed by atoms with van der Waals surface area (Å²) in [6.45, 7) is 1.36. The third-order valence-electron chi connectivity index (χ3n) is 3.51. The number of anilines is 1. The van der Waals surface area contributed by atoms with Gasteiger partial charge in [0.2, 0.25) is 0 Å². The highest BCUT2D eigenvalue weighted by Crippen LogP contribution is 2.34. The second-order valence-electron chi connectivity index (χ2n) is 4.90. The van der Waals surface area contributed by atoms with Crippen molar-refractivity contribution in [1.29, 1.82) is 0 Å². The quantitative estimate of drug-likeness (QED) is 0.866. The number of sulfonamides is 1. The number of rotatable bonds is 3. The number of thiazole rings is 1. The van der Waals surface area contributed by atoms with E-state index < -0.39 is 33.8 Å². The molecule has 2 N–H and O–H groups in total. The molecular formula is C15H15N3O4S2. The lowest BCUT2D eigenvalue weighted by Gasteiger charge is -2.28. The maximum atomic E-state index is 12.6. The molecule has 2 aromatic rings. The maximum absolute atomic E-state index is 12.6. The number of aliphatic hydroxyl groups excluding tert-OH is 1. The summed E-state index contributed by atoms with van der Waals surface area (Å²) in [5.41, 5.74) is -0.388. The topological polar surface area (TPSA) is 99.6 Å². The predicted octanol–water partition coefficient (Wildman–Crippen LogP) is 2.20. The van der Waals surface area contributed by atoms with E-state index >= 15 is 0 Å². The zero-order chi connectivity index (χ0) is 19.3. The number of amides is 1. The van der Waals surface area contributed by atoms with Crippen molar-refractivity contribution >= 4 is 38.2 Å². The lowest BCUT2D eigenvalue weighted by molar-refractivity contribution is -0.113. The number of carbonyl (C=O) groups excluding carboxylic acids is 1. The number of aliphatic hydroxyl groups is 1. The van der Waals surface area contributed by atoms with Crippen molar-refractivity contribution < 1.29 is 21.1 Å². The van der Waals surface area contributed by atoms with E-state index in [4.69, 9.17) is 2.74 Å². The zero-order valence-corrected chi connectivity index (χ0v) is 14.4. The molecule has 7 nitrogen and oxygen atoms in total. The fourth-order valence-electron chi connectivity index (χ4n) is 2.29. The Kier molecular flexibility index (Phi) is 3.45. The number of aryl methyl sites for hydroxylation is 1. The van der Waals surface area contributed by atoms with Crippen molar-refractivity contribution in [3.05, 3.63) is 46.6 Å². The number of nitrogens with one attached hydrogen (secondary N) is 1. The number of aromatic nitrogens is 1. The highest BCUT2D eigenvalue weighted by molar-refractivity contribution is 7.89. The molecule has 0 radical (unpaired) electrons. The summed E-state index contributed by atoms with van der Waals surface area (Å²) in [4.78, 5) is 16.7. The lowest BCUT2D eigenvalue weighted by Crippen LogP contribution is -2.37. The maximum Gasteiger partial charge on any atom is 0.278 e. The average Bonchev–Trinajstić information content (AvgIpc) is 3.02. The summed E-state index contributed by atoms with van der Waals surface area (Å²) >= 11 is 0.930. The van der Waals surface area contributed by atoms with E-state index in [0.29, 0.717) is 9.18 Å². The van der Waals surface area contributed by atoms with Crippen LogP contribution in [-0.4, -0.2) is 35.8 Å². The predicted molar refractivity (Wildman–Crippen MR) is 91.1 cm³/mol. The summed E-state index contributed by atoms with van der Waals surface area (Å²) < 4.78 is 41.2. The Labute approximate surface area is 146 Å². The molecule has 126 valence electrons. The van der Waals surface area contributed by atoms with Crippen LogP contribution >= 0.6 is 11.3 Å². The van der Waals surface area contributed by atoms with Gasteiger partial charge in [-0.3, -0.25) is 14.4 Å². The second kappa shape index (κ2) is 5.91. The van der Waals surface area contributed by atoms with Gasteiger partial charge in [-0.2, -0.15) is 0 Å². The number of benzene rings is 1. The molecule has 9 heteroatoms. The summed E-state index contributed by atoms with van der Waals surface area (Å²) in [5, 5.41) is 13.0. The van der Waals surface area contributed by atoms with Crippen molar-refractivity contribution in [3.8, 4) is 0 Å². The first-order chi connectivity index (χ1) is 12.0. The molecule has 24 heavy (non-hydrogen) atoms. The van der Waals surface area contributed by atoms with Crippen molar-refractivity contribution in [2.24, 2.45) is 0 Å². The highest BCUT2D eigenvalue weighted by atomic mass is 32.2. The first kappa shape index (κ1) is 14.0. The number of nitrogens with zero attached hydrogens (tertiary/aromatic N) is 2. The summed E-state index contributed by atoms with van der Waals surface area (Å²) in [6.07, 6.45) is -0.322. The number of carbonyl (C=O) groups is 1. The van der Waals surface area contributed by atoms with Gasteiger partial charge in [-0.1, -0.05) is 19.1 Å². The van der Waals surface area contributed by atoms with Crippen LogP contribution < -0.4 is 5.32 Å². The summed E-state index contributed by atoms with van der Waals surface area (Å²) in [7, 11) is -2.81. The van der Waals surface area contributed by atoms with Crippen LogP contribution in [0.2, 0.25) is 0 Å². The third kappa shape index (κ3) is 2.55. The molecule has 3 rings (SSSR count). The van der Waals surface area contributed by atoms with E-state index in [-0.39, 0.29) is 15.6 Å². The molecule has 2 heterocycles. The average molecular weight is 367 g/mol. The van der Waals surface area contributed by atoms with Crippen LogP contribution in [0.1, 0.15) is 20.1 Å². The molecule has 0 unspecified atom stereocenters. The van der Waals surface area contributed by atoms with Crippen LogP contribution in [-0.2, 0) is 21.2 Å². The number of fused-ring (bicyclic) bond motifs is 1. The molecule has 0 fully saturated rings. The Morgan fingerprint density at radius 2 is 2.17 bits per heavy atom. The Morgan fingerprint density at radius 3 is 2.83 bits per heavy atom. The van der Waals surface area contributed by atoms with Gasteiger partial charge in [0.05, 0.1) is 4.90 Å². The largest absolute Gasteiger partial charge is 0.505 e. The Hall–Kier alpha value is -2.39. The SMILES string of the molecule is [2H]C([2H])(C)c1cnc(NC(=O)C2=C(O)c3ccccc3S(=O)(=O)N2C)s1. The molecule has 1 aliphatic rings. The van der Waals surface area contributed by atoms with Crippen LogP contribution in [0, 0.1) is 0 Å². The van der Waals surface area contributed by atoms with E-state index in [1.807, 2.05) is 0 Å². The molecule has 0 bridgehead atoms. The lowest BCUT2D eigenvalue weighted by atomic mass is 10.1. The normalized spacial score (nSPS) is 17.8. The molecule has 0 atom stereocenters. The van der Waals surface area contributed by atoms with Gasteiger partial charge in [0.15, 0.2) is 16.6 Å². The molecule has 0 saturated carbocycles. The van der Waals surface area contributed by atoms with Crippen LogP contribution in [0.3, 0.4) is 0 Å². The Balaban J connectivity index is 2.00. The molecule has 1 aromatic carbocycles. The van der Waals surface area contributed by atoms with Gasteiger partial charge in [-0.15, -0.1) is 11.3 Å². The van der Waals surface area contributed by atoms with Crippen LogP contribution in [0.15, 0.2) is 41.1 Å². The highest BCUT2D eigenvalue weighted by Gasteiger charge is 2.37. The minimum Gasteiger partial charge on any atom is -0.505 e. The van der Waals surface area contributed by atoms with E-state index in [1.54, 1.807) is 6.07 Å². The van der Waals surface area contributed by atoms with Crippen LogP contribution in [0.4, 0.5) is 5.13 Å². The minimum atomic E-state index is -3.98. The molecule has 0 saturated heterocycles. The van der Waals surface area contributed by atoms with Gasteiger partial charge < -0.3 is 5.11 Å². The molecule has 1 amide bonds. The van der Waals surface area contributed by atoms with Gasteiger partial charge in [-0.25, -0.2) is 13.4 Å². The fraction of sp³-hybridized carbons (Fsp3) is 0.200. The van der Waals surface area contributed by atoms with Gasteiger partial charge in [-0.05, 0) is 18.5 Å². The number of hydrogen-bond acceptors (Lipinski definition) is 6. The van der Waals surface area contributed by atoms with Crippen LogP contribution in [0.25, 0.3) is 5.76 Å². The zero-order valence-electron chi connectivity index (χ0n) is 14.8. The Bertz CT molecular complexity index is 1030. The minimum absolute atomic E-state index is 0.0421. The second-order valence-corrected chi connectivity index (χ2v) is 7.87. The fourth-order valence-corrected chi connectivity index (χ4v) is 4.35. The van der Waals surface area contributed by atoms with E-state index in [9.17, 15) is 18.3 Å². The van der Waals surface area contributed by atoms with Gasteiger partial charge in [0, 0.05) is 26.4 Å². The number of likely N-dealkylation sites (N-methyl/N-ethyl adjacent to an activating group) is 1. The van der Waals surface area contributed by atoms with E-state index in [0.717, 1.165) is 11.3 Å². The van der Waals surface area contributed by atoms with E-state index in [1.165, 1.54) is 38.4 Å². The van der Waals surface area contributed by atoms with Crippen molar-refractivity contribution in [2.75, 3.05) is 12.4 Å². The molecule has 1 aromatic heterocycles. The summed E-state index contributed by atoms with van der Waals surface area (Å²) in [5.74, 6) is -1.32. The van der Waals surface area contributed by atoms with Gasteiger partial charge in [0.1, 0.15) is 0 Å². The van der Waals surface area contributed by atoms with E-state index in [2.05, 4.69) is 10.3 Å². The first-order valence-corrected chi connectivity index (χ1v) is 9.08. The third-order valence-corrected chi connectivity index (χ3v) is 6.25. The number of hydrogen-bond donors (Lipinski definition) is 2. The van der Waals surface area contributed by atoms with Gasteiger partial charge in [0.25, 0.3) is 15.9 Å². The van der Waals surface area contributed by atoms with Crippen LogP contribution in [0.5, 0.6) is 0 Å². The molecule has 1 aliphatic heterocycles. The van der Waals surface area contributed by atoms with Crippen molar-refractivity contribution in [2.45, 2.75) is 18.2 Å². The monoisotopic (exact) mass is 367 g/mol. The molecular weight excluding hydrogens is 350 g/mol. The van der Waals surface area contributed by atoms with Crippen molar-refractivity contribution in [1.82, 2.24) is 9.29 Å². The summed E-state index contributed by atoms with van der Waals surface area (Å²) in [6, 6.07) is 5.85. The van der Waals surface area contributed by atoms with Crippen molar-refractivity contribution in [3.63, 3.8) is 0 Å². The first-order valence-electron chi connectivity index (χ1n) is 7.82. The Morgan fingerprint density at radius 1 is 1.46 bits per heavy atom. The van der Waals surface area contributed by atoms with Gasteiger partial charge >= 0.3 is 0 Å².